The number of terminal acetylenes is 1. The van der Waals surface area contributed by atoms with Gasteiger partial charge >= 0.3 is 6.01 Å². The fourth-order valence-corrected chi connectivity index (χ4v) is 7.10. The highest BCUT2D eigenvalue weighted by atomic mass is 19.2. The minimum absolute atomic E-state index is 0.0197. The Balaban J connectivity index is 1.32. The first kappa shape index (κ1) is 25.2. The number of nitrogens with two attached hydrogens (primary N) is 1. The van der Waals surface area contributed by atoms with Crippen LogP contribution < -0.4 is 15.4 Å². The van der Waals surface area contributed by atoms with Gasteiger partial charge in [-0.15, -0.1) is 6.42 Å². The van der Waals surface area contributed by atoms with Crippen LogP contribution in [0.1, 0.15) is 34.0 Å². The largest absolute Gasteiger partial charge is 0.461 e. The predicted octanol–water partition coefficient (Wildman–Crippen LogP) is 4.76. The van der Waals surface area contributed by atoms with E-state index in [1.54, 1.807) is 4.90 Å². The molecule has 8 nitrogen and oxygen atoms in total. The quantitative estimate of drug-likeness (QED) is 0.198. The molecule has 12 heteroatoms. The zero-order valence-corrected chi connectivity index (χ0v) is 23.4. The number of pyridine rings is 1. The molecule has 0 spiro atoms. The van der Waals surface area contributed by atoms with Crippen LogP contribution in [-0.4, -0.2) is 76.5 Å². The molecule has 4 aliphatic rings. The molecular weight excluding hydrogens is 576 g/mol. The lowest BCUT2D eigenvalue weighted by molar-refractivity contribution is 0.102. The van der Waals surface area contributed by atoms with E-state index >= 15 is 4.39 Å². The van der Waals surface area contributed by atoms with Crippen molar-refractivity contribution in [2.75, 3.05) is 43.4 Å². The summed E-state index contributed by atoms with van der Waals surface area (Å²) >= 11 is 0. The van der Waals surface area contributed by atoms with Gasteiger partial charge < -0.3 is 20.1 Å². The Labute approximate surface area is 253 Å². The Hall–Kier alpha value is -4.21. The SMILES string of the molecule is [2H]C([2H])(Oc1nc(N2CCO[C@@H]3C[C@@H]32)c2cnc(-c3cc(N)cc4cc(F)c(F)c(C#C)c34)c(F)c2n1)[C@@]12CCCN1C[C@H](F)C2. The standard InChI is InChI=1S/C32H28F4N6O2/c1-2-19-25-16(9-22(34)26(19)35)8-18(37)10-20(25)28-27(36)29-21(13-38-28)30(42-6-7-43-24-11-23(24)42)40-31(39-29)44-15-32-4-3-5-41(32)14-17(33)12-32/h1,8-10,13,17,23-24H,3-7,11-12,14-15,37H2/t17-,23+,24-,32+/m1/s1/i15D2. The van der Waals surface area contributed by atoms with E-state index in [9.17, 15) is 13.2 Å². The average molecular weight is 607 g/mol. The highest BCUT2D eigenvalue weighted by molar-refractivity contribution is 6.03. The van der Waals surface area contributed by atoms with Crippen LogP contribution >= 0.6 is 0 Å². The number of alkyl halides is 1. The molecule has 4 fully saturated rings. The van der Waals surface area contributed by atoms with Crippen molar-refractivity contribution in [3.05, 3.63) is 47.4 Å². The number of halogens is 4. The monoisotopic (exact) mass is 606 g/mol. The van der Waals surface area contributed by atoms with Gasteiger partial charge in [-0.1, -0.05) is 5.92 Å². The first-order chi connectivity index (χ1) is 22.0. The maximum atomic E-state index is 16.8. The van der Waals surface area contributed by atoms with Crippen LogP contribution in [0.5, 0.6) is 6.01 Å². The number of hydrogen-bond acceptors (Lipinski definition) is 8. The Morgan fingerprint density at radius 3 is 2.91 bits per heavy atom. The van der Waals surface area contributed by atoms with Gasteiger partial charge in [-0.25, -0.2) is 17.6 Å². The highest BCUT2D eigenvalue weighted by Crippen LogP contribution is 2.43. The average Bonchev–Trinajstić information content (AvgIpc) is 3.59. The molecule has 0 unspecified atom stereocenters. The smallest absolute Gasteiger partial charge is 0.319 e. The van der Waals surface area contributed by atoms with E-state index in [4.69, 9.17) is 24.4 Å². The molecule has 4 atom stereocenters. The number of hydrogen-bond donors (Lipinski definition) is 1. The number of benzene rings is 2. The zero-order valence-electron chi connectivity index (χ0n) is 25.4. The van der Waals surface area contributed by atoms with Crippen LogP contribution in [0.15, 0.2) is 24.4 Å². The summed E-state index contributed by atoms with van der Waals surface area (Å²) in [6, 6.07) is 3.24. The molecule has 1 aliphatic carbocycles. The molecule has 226 valence electrons. The number of anilines is 2. The molecule has 8 rings (SSSR count). The fraction of sp³-hybridized carbons (Fsp3) is 0.406. The van der Waals surface area contributed by atoms with Crippen LogP contribution in [-0.2, 0) is 4.74 Å². The molecule has 0 radical (unpaired) electrons. The molecule has 0 amide bonds. The van der Waals surface area contributed by atoms with E-state index in [1.807, 2.05) is 4.90 Å². The van der Waals surface area contributed by atoms with Gasteiger partial charge in [0.15, 0.2) is 17.5 Å². The predicted molar refractivity (Wildman–Crippen MR) is 157 cm³/mol. The minimum Gasteiger partial charge on any atom is -0.461 e. The van der Waals surface area contributed by atoms with Crippen LogP contribution in [0, 0.1) is 29.8 Å². The molecule has 2 aromatic carbocycles. The van der Waals surface area contributed by atoms with Crippen molar-refractivity contribution in [3.8, 4) is 29.6 Å². The molecule has 3 aliphatic heterocycles. The number of nitrogens with zero attached hydrogens (tertiary/aromatic N) is 5. The van der Waals surface area contributed by atoms with Gasteiger partial charge in [-0.05, 0) is 49.4 Å². The number of rotatable bonds is 5. The number of aromatic nitrogens is 3. The van der Waals surface area contributed by atoms with Crippen molar-refractivity contribution in [2.45, 2.75) is 49.5 Å². The molecule has 4 aromatic rings. The summed E-state index contributed by atoms with van der Waals surface area (Å²) in [5.74, 6) is -0.936. The summed E-state index contributed by atoms with van der Waals surface area (Å²) in [6.07, 6.45) is 7.47. The van der Waals surface area contributed by atoms with Gasteiger partial charge in [0.1, 0.15) is 29.8 Å². The topological polar surface area (TPSA) is 89.6 Å². The molecule has 2 aromatic heterocycles. The Morgan fingerprint density at radius 1 is 1.20 bits per heavy atom. The third-order valence-corrected chi connectivity index (χ3v) is 9.17. The van der Waals surface area contributed by atoms with E-state index < -0.39 is 47.3 Å². The maximum absolute atomic E-state index is 16.8. The summed E-state index contributed by atoms with van der Waals surface area (Å²) < 4.78 is 90.3. The van der Waals surface area contributed by atoms with Crippen LogP contribution in [0.3, 0.4) is 0 Å². The Morgan fingerprint density at radius 2 is 2.07 bits per heavy atom. The van der Waals surface area contributed by atoms with Gasteiger partial charge in [0.25, 0.3) is 0 Å². The Kier molecular flexibility index (Phi) is 5.66. The summed E-state index contributed by atoms with van der Waals surface area (Å²) in [5, 5.41) is 0.425. The molecule has 1 saturated carbocycles. The van der Waals surface area contributed by atoms with Gasteiger partial charge in [0, 0.05) is 42.3 Å². The lowest BCUT2D eigenvalue weighted by Crippen LogP contribution is -2.43. The van der Waals surface area contributed by atoms with Crippen molar-refractivity contribution in [2.24, 2.45) is 0 Å². The molecular formula is C32H28F4N6O2. The summed E-state index contributed by atoms with van der Waals surface area (Å²) in [6.45, 7) is -0.945. The molecule has 3 saturated heterocycles. The number of fused-ring (bicyclic) bond motifs is 4. The van der Waals surface area contributed by atoms with Crippen molar-refractivity contribution in [1.29, 1.82) is 0 Å². The zero-order chi connectivity index (χ0) is 32.1. The fourth-order valence-electron chi connectivity index (χ4n) is 7.10. The van der Waals surface area contributed by atoms with E-state index in [0.29, 0.717) is 32.5 Å². The summed E-state index contributed by atoms with van der Waals surface area (Å²) in [4.78, 5) is 17.0. The van der Waals surface area contributed by atoms with Crippen molar-refractivity contribution in [1.82, 2.24) is 19.9 Å². The summed E-state index contributed by atoms with van der Waals surface area (Å²) in [7, 11) is 0. The third kappa shape index (κ3) is 4.17. The van der Waals surface area contributed by atoms with E-state index in [2.05, 4.69) is 20.9 Å². The Bertz CT molecular complexity index is 1990. The first-order valence-corrected chi connectivity index (χ1v) is 14.5. The van der Waals surface area contributed by atoms with Gasteiger partial charge in [-0.3, -0.25) is 9.88 Å². The van der Waals surface area contributed by atoms with Crippen molar-refractivity contribution in [3.63, 3.8) is 0 Å². The first-order valence-electron chi connectivity index (χ1n) is 15.5. The number of nitrogen functional groups attached to an aromatic ring is 1. The second-order valence-corrected chi connectivity index (χ2v) is 11.9. The second kappa shape index (κ2) is 9.90. The normalized spacial score (nSPS) is 27.2. The summed E-state index contributed by atoms with van der Waals surface area (Å²) in [5.41, 5.74) is 4.10. The third-order valence-electron chi connectivity index (χ3n) is 9.17. The van der Waals surface area contributed by atoms with Crippen LogP contribution in [0.25, 0.3) is 32.9 Å². The van der Waals surface area contributed by atoms with Crippen molar-refractivity contribution >= 4 is 33.2 Å². The van der Waals surface area contributed by atoms with Crippen molar-refractivity contribution < 1.29 is 29.8 Å². The minimum atomic E-state index is -2.41. The molecule has 44 heavy (non-hydrogen) atoms. The van der Waals surface area contributed by atoms with E-state index in [0.717, 1.165) is 12.5 Å². The second-order valence-electron chi connectivity index (χ2n) is 11.9. The van der Waals surface area contributed by atoms with Crippen LogP contribution in [0.2, 0.25) is 0 Å². The molecule has 2 N–H and O–H groups in total. The van der Waals surface area contributed by atoms with Gasteiger partial charge in [-0.2, -0.15) is 9.97 Å². The van der Waals surface area contributed by atoms with Gasteiger partial charge in [0.2, 0.25) is 0 Å². The van der Waals surface area contributed by atoms with Gasteiger partial charge in [0.05, 0.1) is 38.0 Å². The molecule has 0 bridgehead atoms. The van der Waals surface area contributed by atoms with E-state index in [1.165, 1.54) is 18.3 Å². The molecule has 5 heterocycles. The number of ether oxygens (including phenoxy) is 2. The lowest BCUT2D eigenvalue weighted by Gasteiger charge is -2.31. The maximum Gasteiger partial charge on any atom is 0.319 e. The number of morpholine rings is 1. The lowest BCUT2D eigenvalue weighted by atomic mass is 9.95. The van der Waals surface area contributed by atoms with Crippen LogP contribution in [0.4, 0.5) is 29.1 Å². The van der Waals surface area contributed by atoms with E-state index in [-0.39, 0.29) is 69.5 Å². The highest BCUT2D eigenvalue weighted by Gasteiger charge is 2.50.